The van der Waals surface area contributed by atoms with Crippen LogP contribution >= 0.6 is 0 Å². The van der Waals surface area contributed by atoms with Gasteiger partial charge in [0.15, 0.2) is 23.4 Å². The van der Waals surface area contributed by atoms with Crippen molar-refractivity contribution in [2.45, 2.75) is 18.8 Å². The number of hydrogen-bond acceptors (Lipinski definition) is 5. The highest BCUT2D eigenvalue weighted by atomic mass is 16.6. The Kier molecular flexibility index (Phi) is 5.49. The molecule has 0 spiro atoms. The molecule has 0 amide bonds. The first kappa shape index (κ1) is 19.0. The molecule has 0 radical (unpaired) electrons. The van der Waals surface area contributed by atoms with Crippen molar-refractivity contribution in [1.29, 1.82) is 0 Å². The van der Waals surface area contributed by atoms with Gasteiger partial charge in [-0.15, -0.1) is 0 Å². The quantitative estimate of drug-likeness (QED) is 0.415. The fourth-order valence-electron chi connectivity index (χ4n) is 3.28. The zero-order valence-corrected chi connectivity index (χ0v) is 16.3. The lowest BCUT2D eigenvalue weighted by Crippen LogP contribution is -2.11. The van der Waals surface area contributed by atoms with Gasteiger partial charge < -0.3 is 18.9 Å². The first-order valence-electron chi connectivity index (χ1n) is 9.38. The van der Waals surface area contributed by atoms with E-state index in [-0.39, 0.29) is 11.9 Å². The first-order chi connectivity index (χ1) is 14.2. The molecule has 1 aliphatic rings. The van der Waals surface area contributed by atoms with Crippen molar-refractivity contribution in [1.82, 2.24) is 0 Å². The standard InChI is InChI=1S/C24H22O5/c1-26-20-13-12-17(14-21(20)27-2)23-24(29-23)22(25)18-10-6-7-11-19(18)28-15-16-8-4-3-5-9-16/h3-14,23-24H,15H2,1-2H3. The molecule has 0 saturated carbocycles. The summed E-state index contributed by atoms with van der Waals surface area (Å²) < 4.78 is 22.2. The van der Waals surface area contributed by atoms with E-state index in [2.05, 4.69) is 0 Å². The average Bonchev–Trinajstić information content (AvgIpc) is 3.58. The summed E-state index contributed by atoms with van der Waals surface area (Å²) in [6, 6.07) is 22.7. The SMILES string of the molecule is COc1ccc(C2OC2C(=O)c2ccccc2OCc2ccccc2)cc1OC. The summed E-state index contributed by atoms with van der Waals surface area (Å²) in [4.78, 5) is 13.0. The van der Waals surface area contributed by atoms with Crippen molar-refractivity contribution >= 4 is 5.78 Å². The molecule has 0 bridgehead atoms. The van der Waals surface area contributed by atoms with Crippen molar-refractivity contribution in [2.75, 3.05) is 14.2 Å². The molecule has 0 N–H and O–H groups in total. The number of hydrogen-bond donors (Lipinski definition) is 0. The zero-order chi connectivity index (χ0) is 20.2. The lowest BCUT2D eigenvalue weighted by molar-refractivity contribution is 0.0949. The number of ketones is 1. The largest absolute Gasteiger partial charge is 0.493 e. The molecule has 29 heavy (non-hydrogen) atoms. The molecule has 2 unspecified atom stereocenters. The summed E-state index contributed by atoms with van der Waals surface area (Å²) in [6.45, 7) is 0.399. The van der Waals surface area contributed by atoms with Gasteiger partial charge in [0, 0.05) is 0 Å². The Labute approximate surface area is 169 Å². The smallest absolute Gasteiger partial charge is 0.198 e. The summed E-state index contributed by atoms with van der Waals surface area (Å²) in [5.74, 6) is 1.72. The summed E-state index contributed by atoms with van der Waals surface area (Å²) in [5, 5.41) is 0. The van der Waals surface area contributed by atoms with E-state index in [0.717, 1.165) is 11.1 Å². The minimum absolute atomic E-state index is 0.0894. The van der Waals surface area contributed by atoms with Gasteiger partial charge in [0.05, 0.1) is 19.8 Å². The van der Waals surface area contributed by atoms with E-state index < -0.39 is 6.10 Å². The molecule has 1 fully saturated rings. The zero-order valence-electron chi connectivity index (χ0n) is 16.3. The Morgan fingerprint density at radius 3 is 2.34 bits per heavy atom. The van der Waals surface area contributed by atoms with Gasteiger partial charge in [-0.3, -0.25) is 4.79 Å². The molecule has 1 saturated heterocycles. The minimum atomic E-state index is -0.533. The van der Waals surface area contributed by atoms with Crippen molar-refractivity contribution in [3.05, 3.63) is 89.5 Å². The van der Waals surface area contributed by atoms with Crippen LogP contribution < -0.4 is 14.2 Å². The molecule has 3 aromatic rings. The van der Waals surface area contributed by atoms with Crippen LogP contribution in [0.4, 0.5) is 0 Å². The lowest BCUT2D eigenvalue weighted by Gasteiger charge is -2.10. The number of methoxy groups -OCH3 is 2. The van der Waals surface area contributed by atoms with Gasteiger partial charge in [0.2, 0.25) is 0 Å². The van der Waals surface area contributed by atoms with Crippen molar-refractivity contribution in [3.63, 3.8) is 0 Å². The Morgan fingerprint density at radius 1 is 0.862 bits per heavy atom. The second kappa shape index (κ2) is 8.37. The molecule has 0 aliphatic carbocycles. The Morgan fingerprint density at radius 2 is 1.59 bits per heavy atom. The van der Waals surface area contributed by atoms with Crippen LogP contribution in [0.5, 0.6) is 17.2 Å². The van der Waals surface area contributed by atoms with Crippen LogP contribution in [0.25, 0.3) is 0 Å². The summed E-state index contributed by atoms with van der Waals surface area (Å²) in [7, 11) is 3.17. The molecule has 2 atom stereocenters. The highest BCUT2D eigenvalue weighted by Gasteiger charge is 2.47. The number of epoxide rings is 1. The van der Waals surface area contributed by atoms with Gasteiger partial charge in [-0.2, -0.15) is 0 Å². The van der Waals surface area contributed by atoms with Gasteiger partial charge in [-0.25, -0.2) is 0 Å². The van der Waals surface area contributed by atoms with Crippen molar-refractivity contribution in [2.24, 2.45) is 0 Å². The fourth-order valence-corrected chi connectivity index (χ4v) is 3.28. The maximum absolute atomic E-state index is 13.0. The Balaban J connectivity index is 1.48. The minimum Gasteiger partial charge on any atom is -0.493 e. The molecular weight excluding hydrogens is 368 g/mol. The van der Waals surface area contributed by atoms with Gasteiger partial charge in [-0.05, 0) is 35.4 Å². The number of carbonyl (C=O) groups is 1. The van der Waals surface area contributed by atoms with Crippen LogP contribution in [0.1, 0.15) is 27.6 Å². The number of benzene rings is 3. The van der Waals surface area contributed by atoms with E-state index in [1.54, 1.807) is 20.3 Å². The van der Waals surface area contributed by atoms with Crippen molar-refractivity contribution < 1.29 is 23.7 Å². The highest BCUT2D eigenvalue weighted by Crippen LogP contribution is 2.44. The molecular formula is C24H22O5. The summed E-state index contributed by atoms with van der Waals surface area (Å²) >= 11 is 0. The molecule has 4 rings (SSSR count). The molecule has 1 aliphatic heterocycles. The predicted molar refractivity (Wildman–Crippen MR) is 109 cm³/mol. The molecule has 3 aromatic carbocycles. The van der Waals surface area contributed by atoms with E-state index in [4.69, 9.17) is 18.9 Å². The van der Waals surface area contributed by atoms with E-state index >= 15 is 0 Å². The third-order valence-corrected chi connectivity index (χ3v) is 4.88. The normalized spacial score (nSPS) is 17.4. The van der Waals surface area contributed by atoms with Crippen LogP contribution in [0, 0.1) is 0 Å². The second-order valence-corrected chi connectivity index (χ2v) is 6.73. The highest BCUT2D eigenvalue weighted by molar-refractivity contribution is 6.03. The van der Waals surface area contributed by atoms with Crippen LogP contribution in [-0.4, -0.2) is 26.1 Å². The van der Waals surface area contributed by atoms with Crippen LogP contribution in [-0.2, 0) is 11.3 Å². The van der Waals surface area contributed by atoms with Crippen LogP contribution in [0.15, 0.2) is 72.8 Å². The maximum atomic E-state index is 13.0. The predicted octanol–water partition coefficient (Wildman–Crippen LogP) is 4.61. The third-order valence-electron chi connectivity index (χ3n) is 4.88. The number of rotatable bonds is 8. The monoisotopic (exact) mass is 390 g/mol. The van der Waals surface area contributed by atoms with Gasteiger partial charge >= 0.3 is 0 Å². The Hall–Kier alpha value is -3.31. The molecule has 148 valence electrons. The Bertz CT molecular complexity index is 999. The molecule has 1 heterocycles. The molecule has 0 aromatic heterocycles. The summed E-state index contributed by atoms with van der Waals surface area (Å²) in [5.41, 5.74) is 2.45. The van der Waals surface area contributed by atoms with Gasteiger partial charge in [-0.1, -0.05) is 48.5 Å². The molecule has 5 nitrogen and oxygen atoms in total. The number of Topliss-reactive ketones (excluding diaryl/α,β-unsaturated/α-hetero) is 1. The van der Waals surface area contributed by atoms with Crippen LogP contribution in [0.2, 0.25) is 0 Å². The lowest BCUT2D eigenvalue weighted by atomic mass is 10.0. The summed E-state index contributed by atoms with van der Waals surface area (Å²) in [6.07, 6.45) is -0.834. The van der Waals surface area contributed by atoms with Gasteiger partial charge in [0.25, 0.3) is 0 Å². The van der Waals surface area contributed by atoms with E-state index in [1.165, 1.54) is 0 Å². The van der Waals surface area contributed by atoms with Gasteiger partial charge in [0.1, 0.15) is 18.5 Å². The average molecular weight is 390 g/mol. The second-order valence-electron chi connectivity index (χ2n) is 6.73. The first-order valence-corrected chi connectivity index (χ1v) is 9.38. The number of para-hydroxylation sites is 1. The van der Waals surface area contributed by atoms with E-state index in [9.17, 15) is 4.79 Å². The van der Waals surface area contributed by atoms with Crippen molar-refractivity contribution in [3.8, 4) is 17.2 Å². The molecule has 5 heteroatoms. The fraction of sp³-hybridized carbons (Fsp3) is 0.208. The van der Waals surface area contributed by atoms with E-state index in [0.29, 0.717) is 29.4 Å². The number of carbonyl (C=O) groups excluding carboxylic acids is 1. The number of ether oxygens (including phenoxy) is 4. The van der Waals surface area contributed by atoms with Crippen LogP contribution in [0.3, 0.4) is 0 Å². The maximum Gasteiger partial charge on any atom is 0.198 e. The topological polar surface area (TPSA) is 57.3 Å². The third kappa shape index (κ3) is 4.10. The van der Waals surface area contributed by atoms with E-state index in [1.807, 2.05) is 66.7 Å².